The molecule has 0 aromatic carbocycles. The van der Waals surface area contributed by atoms with Crippen LogP contribution in [-0.4, -0.2) is 23.9 Å². The number of carbonyl (C=O) groups is 1. The van der Waals surface area contributed by atoms with E-state index in [9.17, 15) is 4.79 Å². The number of hydrogen-bond acceptors (Lipinski definition) is 1. The maximum absolute atomic E-state index is 12.6. The van der Waals surface area contributed by atoms with Gasteiger partial charge in [-0.1, -0.05) is 136 Å². The van der Waals surface area contributed by atoms with Gasteiger partial charge in [0.1, 0.15) is 0 Å². The summed E-state index contributed by atoms with van der Waals surface area (Å²) in [6.45, 7) is 6.61. The van der Waals surface area contributed by atoms with Crippen molar-refractivity contribution in [3.63, 3.8) is 0 Å². The van der Waals surface area contributed by atoms with Crippen LogP contribution in [0, 0.1) is 5.92 Å². The third-order valence-electron chi connectivity index (χ3n) is 7.10. The fourth-order valence-corrected chi connectivity index (χ4v) is 4.96. The largest absolute Gasteiger partial charge is 0.342 e. The molecule has 1 heterocycles. The third-order valence-corrected chi connectivity index (χ3v) is 7.10. The van der Waals surface area contributed by atoms with E-state index in [1.807, 2.05) is 0 Å². The molecule has 0 N–H and O–H groups in total. The first-order valence-corrected chi connectivity index (χ1v) is 14.1. The smallest absolute Gasteiger partial charge is 0.225 e. The van der Waals surface area contributed by atoms with Crippen LogP contribution in [0.25, 0.3) is 0 Å². The van der Waals surface area contributed by atoms with E-state index in [1.165, 1.54) is 128 Å². The molecular formula is C28H55NO. The second-order valence-corrected chi connectivity index (χ2v) is 9.96. The number of unbranched alkanes of at least 4 members (excludes halogenated alkanes) is 18. The van der Waals surface area contributed by atoms with Crippen molar-refractivity contribution in [1.82, 2.24) is 4.90 Å². The molecule has 0 saturated carbocycles. The van der Waals surface area contributed by atoms with E-state index in [1.54, 1.807) is 0 Å². The highest BCUT2D eigenvalue weighted by Crippen LogP contribution is 2.24. The van der Waals surface area contributed by atoms with E-state index in [0.717, 1.165) is 25.9 Å². The first-order chi connectivity index (χ1) is 14.8. The summed E-state index contributed by atoms with van der Waals surface area (Å²) in [5.74, 6) is 0.823. The number of likely N-dealkylation sites (tertiary alicyclic amines) is 1. The minimum atomic E-state index is 0.349. The zero-order valence-electron chi connectivity index (χ0n) is 20.9. The molecule has 0 aromatic heterocycles. The predicted octanol–water partition coefficient (Wildman–Crippen LogP) is 9.07. The summed E-state index contributed by atoms with van der Waals surface area (Å²) in [6, 6.07) is 0. The Morgan fingerprint density at radius 2 is 1.00 bits per heavy atom. The maximum atomic E-state index is 12.6. The second-order valence-electron chi connectivity index (χ2n) is 9.96. The Kier molecular flexibility index (Phi) is 18.7. The Morgan fingerprint density at radius 3 is 1.47 bits per heavy atom. The van der Waals surface area contributed by atoms with Crippen molar-refractivity contribution in [3.8, 4) is 0 Å². The summed E-state index contributed by atoms with van der Waals surface area (Å²) in [4.78, 5) is 14.8. The van der Waals surface area contributed by atoms with Crippen LogP contribution in [0.4, 0.5) is 0 Å². The summed E-state index contributed by atoms with van der Waals surface area (Å²) >= 11 is 0. The van der Waals surface area contributed by atoms with Gasteiger partial charge in [-0.3, -0.25) is 4.79 Å². The van der Waals surface area contributed by atoms with Gasteiger partial charge in [0.05, 0.1) is 0 Å². The monoisotopic (exact) mass is 421 g/mol. The summed E-state index contributed by atoms with van der Waals surface area (Å²) < 4.78 is 0. The molecule has 0 radical (unpaired) electrons. The molecule has 2 heteroatoms. The quantitative estimate of drug-likeness (QED) is 0.160. The van der Waals surface area contributed by atoms with Gasteiger partial charge in [-0.05, 0) is 19.3 Å². The summed E-state index contributed by atoms with van der Waals surface area (Å²) in [6.07, 6.45) is 29.8. The molecule has 30 heavy (non-hydrogen) atoms. The van der Waals surface area contributed by atoms with Gasteiger partial charge in [0.2, 0.25) is 5.91 Å². The summed E-state index contributed by atoms with van der Waals surface area (Å²) in [7, 11) is 0. The van der Waals surface area contributed by atoms with Gasteiger partial charge in [-0.25, -0.2) is 0 Å². The van der Waals surface area contributed by atoms with Crippen LogP contribution >= 0.6 is 0 Å². The Morgan fingerprint density at radius 1 is 0.600 bits per heavy atom. The number of carbonyl (C=O) groups excluding carboxylic acids is 1. The lowest BCUT2D eigenvalue weighted by molar-refractivity contribution is -0.131. The number of rotatable bonds is 22. The Bertz CT molecular complexity index is 347. The summed E-state index contributed by atoms with van der Waals surface area (Å²) in [5.41, 5.74) is 0. The molecule has 0 spiro atoms. The molecule has 1 aliphatic rings. The van der Waals surface area contributed by atoms with Gasteiger partial charge >= 0.3 is 0 Å². The van der Waals surface area contributed by atoms with Gasteiger partial charge in [0, 0.05) is 19.0 Å². The average Bonchev–Trinajstić information content (AvgIpc) is 3.10. The first kappa shape index (κ1) is 27.5. The Balaban J connectivity index is 1.89. The molecule has 0 aliphatic carbocycles. The number of nitrogens with zero attached hydrogens (tertiary/aromatic N) is 1. The second kappa shape index (κ2) is 20.4. The highest BCUT2D eigenvalue weighted by Gasteiger charge is 2.30. The molecule has 1 unspecified atom stereocenters. The molecule has 1 amide bonds. The van der Waals surface area contributed by atoms with Crippen molar-refractivity contribution < 1.29 is 4.79 Å². The van der Waals surface area contributed by atoms with Gasteiger partial charge in [0.15, 0.2) is 0 Å². The van der Waals surface area contributed by atoms with Crippen molar-refractivity contribution in [2.45, 2.75) is 155 Å². The van der Waals surface area contributed by atoms with Crippen LogP contribution in [-0.2, 0) is 4.79 Å². The molecule has 1 saturated heterocycles. The SMILES string of the molecule is CCCCCCCCCCCCC1CCN(CCCCCCCCCCCC)C1=O. The standard InChI is InChI=1S/C28H55NO/c1-3-5-7-9-11-13-15-17-19-21-23-27-24-26-29(28(27)30)25-22-20-18-16-14-12-10-8-6-4-2/h27H,3-26H2,1-2H3. The molecule has 2 nitrogen and oxygen atoms in total. The van der Waals surface area contributed by atoms with Gasteiger partial charge in [0.25, 0.3) is 0 Å². The zero-order valence-corrected chi connectivity index (χ0v) is 20.9. The first-order valence-electron chi connectivity index (χ1n) is 14.1. The maximum Gasteiger partial charge on any atom is 0.225 e. The lowest BCUT2D eigenvalue weighted by atomic mass is 9.98. The predicted molar refractivity (Wildman–Crippen MR) is 133 cm³/mol. The minimum absolute atomic E-state index is 0.349. The average molecular weight is 422 g/mol. The lowest BCUT2D eigenvalue weighted by Crippen LogP contribution is -2.28. The molecule has 1 aliphatic heterocycles. The van der Waals surface area contributed by atoms with E-state index in [0.29, 0.717) is 11.8 Å². The van der Waals surface area contributed by atoms with E-state index < -0.39 is 0 Å². The minimum Gasteiger partial charge on any atom is -0.342 e. The van der Waals surface area contributed by atoms with Gasteiger partial charge in [-0.2, -0.15) is 0 Å². The molecule has 0 bridgehead atoms. The van der Waals surface area contributed by atoms with Crippen LogP contribution in [0.2, 0.25) is 0 Å². The zero-order chi connectivity index (χ0) is 21.7. The van der Waals surface area contributed by atoms with Gasteiger partial charge in [-0.15, -0.1) is 0 Å². The molecule has 0 aromatic rings. The topological polar surface area (TPSA) is 20.3 Å². The van der Waals surface area contributed by atoms with Crippen molar-refractivity contribution in [3.05, 3.63) is 0 Å². The number of amides is 1. The van der Waals surface area contributed by atoms with E-state index in [4.69, 9.17) is 0 Å². The number of hydrogen-bond donors (Lipinski definition) is 0. The Labute approximate surface area is 190 Å². The van der Waals surface area contributed by atoms with Crippen molar-refractivity contribution in [2.24, 2.45) is 5.92 Å². The normalized spacial score (nSPS) is 16.7. The van der Waals surface area contributed by atoms with Crippen molar-refractivity contribution >= 4 is 5.91 Å². The van der Waals surface area contributed by atoms with E-state index >= 15 is 0 Å². The molecule has 1 fully saturated rings. The highest BCUT2D eigenvalue weighted by atomic mass is 16.2. The van der Waals surface area contributed by atoms with Crippen LogP contribution < -0.4 is 0 Å². The summed E-state index contributed by atoms with van der Waals surface area (Å²) in [5, 5.41) is 0. The third kappa shape index (κ3) is 14.5. The molecule has 1 atom stereocenters. The van der Waals surface area contributed by atoms with Crippen LogP contribution in [0.3, 0.4) is 0 Å². The van der Waals surface area contributed by atoms with Crippen molar-refractivity contribution in [1.29, 1.82) is 0 Å². The Hall–Kier alpha value is -0.530. The van der Waals surface area contributed by atoms with Crippen LogP contribution in [0.15, 0.2) is 0 Å². The molecular weight excluding hydrogens is 366 g/mol. The highest BCUT2D eigenvalue weighted by molar-refractivity contribution is 5.80. The van der Waals surface area contributed by atoms with E-state index in [2.05, 4.69) is 18.7 Å². The molecule has 1 rings (SSSR count). The van der Waals surface area contributed by atoms with Gasteiger partial charge < -0.3 is 4.90 Å². The van der Waals surface area contributed by atoms with Crippen LogP contribution in [0.1, 0.15) is 155 Å². The molecule has 178 valence electrons. The van der Waals surface area contributed by atoms with E-state index in [-0.39, 0.29) is 0 Å². The van der Waals surface area contributed by atoms with Crippen LogP contribution in [0.5, 0.6) is 0 Å². The van der Waals surface area contributed by atoms with Crippen molar-refractivity contribution in [2.75, 3.05) is 13.1 Å². The lowest BCUT2D eigenvalue weighted by Gasteiger charge is -2.16. The fourth-order valence-electron chi connectivity index (χ4n) is 4.96. The fraction of sp³-hybridized carbons (Fsp3) is 0.964.